The molecule has 2 atom stereocenters. The van der Waals surface area contributed by atoms with Gasteiger partial charge in [-0.3, -0.25) is 9.36 Å². The van der Waals surface area contributed by atoms with Crippen LogP contribution in [0.25, 0.3) is 0 Å². The molecule has 23 heavy (non-hydrogen) atoms. The molecule has 2 N–H and O–H groups in total. The summed E-state index contributed by atoms with van der Waals surface area (Å²) in [4.78, 5) is 11.6. The van der Waals surface area contributed by atoms with Gasteiger partial charge in [-0.1, -0.05) is 29.8 Å². The summed E-state index contributed by atoms with van der Waals surface area (Å²) in [5.41, 5.74) is 0.789. The topological polar surface area (TPSA) is 84.9 Å². The highest BCUT2D eigenvalue weighted by atomic mass is 31.2. The number of aliphatic hydroxyl groups excluding tert-OH is 1. The lowest BCUT2D eigenvalue weighted by Gasteiger charge is -2.23. The number of methoxy groups -OCH3 is 1. The summed E-state index contributed by atoms with van der Waals surface area (Å²) in [6, 6.07) is 8.03. The van der Waals surface area contributed by atoms with Gasteiger partial charge in [-0.15, -0.1) is 0 Å². The molecule has 1 unspecified atom stereocenters. The Morgan fingerprint density at radius 1 is 1.39 bits per heavy atom. The average molecular weight is 341 g/mol. The van der Waals surface area contributed by atoms with Crippen LogP contribution >= 0.6 is 7.52 Å². The summed E-state index contributed by atoms with van der Waals surface area (Å²) in [6.07, 6.45) is 2.45. The lowest BCUT2D eigenvalue weighted by atomic mass is 10.3. The van der Waals surface area contributed by atoms with Crippen molar-refractivity contribution in [2.24, 2.45) is 0 Å². The number of benzene rings is 1. The second kappa shape index (κ2) is 9.50. The maximum absolute atomic E-state index is 13.1. The normalized spacial score (nSPS) is 15.6. The molecule has 6 nitrogen and oxygen atoms in total. The summed E-state index contributed by atoms with van der Waals surface area (Å²) >= 11 is 0. The fourth-order valence-electron chi connectivity index (χ4n) is 1.86. The van der Waals surface area contributed by atoms with Crippen LogP contribution in [0.15, 0.2) is 42.0 Å². The third-order valence-corrected chi connectivity index (χ3v) is 5.24. The number of para-hydroxylation sites is 1. The molecule has 0 radical (unpaired) electrons. The van der Waals surface area contributed by atoms with E-state index in [1.165, 1.54) is 7.11 Å². The SMILES string of the molecule is COC(=O)[C@H](C)NP(=O)(CC/C=C(\C)CO)Oc1ccccc1. The lowest BCUT2D eigenvalue weighted by molar-refractivity contribution is -0.142. The molecule has 0 saturated heterocycles. The van der Waals surface area contributed by atoms with Crippen molar-refractivity contribution in [2.75, 3.05) is 19.9 Å². The van der Waals surface area contributed by atoms with Crippen molar-refractivity contribution in [3.63, 3.8) is 0 Å². The molecule has 0 saturated carbocycles. The zero-order valence-corrected chi connectivity index (χ0v) is 14.6. The van der Waals surface area contributed by atoms with Crippen molar-refractivity contribution in [1.29, 1.82) is 0 Å². The van der Waals surface area contributed by atoms with Crippen molar-refractivity contribution in [1.82, 2.24) is 5.09 Å². The summed E-state index contributed by atoms with van der Waals surface area (Å²) in [6.45, 7) is 3.31. The van der Waals surface area contributed by atoms with Crippen LogP contribution in [-0.2, 0) is 14.1 Å². The van der Waals surface area contributed by atoms with E-state index in [4.69, 9.17) is 9.63 Å². The highest BCUT2D eigenvalue weighted by Crippen LogP contribution is 2.44. The zero-order valence-electron chi connectivity index (χ0n) is 13.7. The first-order valence-electron chi connectivity index (χ1n) is 7.36. The first kappa shape index (κ1) is 19.4. The van der Waals surface area contributed by atoms with Gasteiger partial charge in [0.25, 0.3) is 0 Å². The summed E-state index contributed by atoms with van der Waals surface area (Å²) in [7, 11) is -2.03. The number of rotatable bonds is 9. The predicted molar refractivity (Wildman–Crippen MR) is 89.6 cm³/mol. The van der Waals surface area contributed by atoms with Gasteiger partial charge in [0.15, 0.2) is 0 Å². The molecule has 0 amide bonds. The fraction of sp³-hybridized carbons (Fsp3) is 0.438. The van der Waals surface area contributed by atoms with Gasteiger partial charge in [-0.05, 0) is 32.4 Å². The molecule has 128 valence electrons. The monoisotopic (exact) mass is 341 g/mol. The second-order valence-electron chi connectivity index (χ2n) is 5.17. The molecule has 0 aliphatic rings. The van der Waals surface area contributed by atoms with Crippen LogP contribution in [0.3, 0.4) is 0 Å². The second-order valence-corrected chi connectivity index (χ2v) is 7.41. The highest BCUT2D eigenvalue weighted by molar-refractivity contribution is 7.57. The Balaban J connectivity index is 2.85. The van der Waals surface area contributed by atoms with Crippen molar-refractivity contribution in [3.8, 4) is 5.75 Å². The number of ether oxygens (including phenoxy) is 1. The number of aliphatic hydroxyl groups is 1. The van der Waals surface area contributed by atoms with Gasteiger partial charge in [0.2, 0.25) is 0 Å². The van der Waals surface area contributed by atoms with Gasteiger partial charge in [0.1, 0.15) is 11.8 Å². The standard InChI is InChI=1S/C16H24NO5P/c1-13(12-18)8-7-11-23(20,17-14(2)16(19)21-3)22-15-9-5-4-6-10-15/h4-6,8-10,14,18H,7,11-12H2,1-3H3,(H,17,20)/b13-8+/t14-,23?/m0/s1. The summed E-state index contributed by atoms with van der Waals surface area (Å²) in [5, 5.41) is 11.8. The van der Waals surface area contributed by atoms with Crippen molar-refractivity contribution in [3.05, 3.63) is 42.0 Å². The van der Waals surface area contributed by atoms with E-state index in [-0.39, 0.29) is 12.8 Å². The maximum atomic E-state index is 13.1. The van der Waals surface area contributed by atoms with E-state index < -0.39 is 19.5 Å². The third kappa shape index (κ3) is 6.99. The Bertz CT molecular complexity index is 573. The Labute approximate surface area is 137 Å². The molecule has 1 aromatic carbocycles. The van der Waals surface area contributed by atoms with Crippen LogP contribution in [0, 0.1) is 0 Å². The summed E-state index contributed by atoms with van der Waals surface area (Å²) < 4.78 is 23.3. The third-order valence-electron chi connectivity index (χ3n) is 3.11. The zero-order chi connectivity index (χ0) is 17.3. The Kier molecular flexibility index (Phi) is 8.03. The molecule has 7 heteroatoms. The molecular formula is C16H24NO5P. The Morgan fingerprint density at radius 2 is 2.04 bits per heavy atom. The van der Waals surface area contributed by atoms with E-state index in [9.17, 15) is 9.36 Å². The molecule has 0 aliphatic heterocycles. The molecule has 0 fully saturated rings. The minimum absolute atomic E-state index is 0.0458. The van der Waals surface area contributed by atoms with Gasteiger partial charge in [-0.25, -0.2) is 5.09 Å². The molecule has 0 heterocycles. The molecule has 0 aliphatic carbocycles. The molecule has 1 rings (SSSR count). The number of hydrogen-bond acceptors (Lipinski definition) is 5. The quantitative estimate of drug-likeness (QED) is 0.408. The first-order valence-corrected chi connectivity index (χ1v) is 9.17. The minimum Gasteiger partial charge on any atom is -0.468 e. The summed E-state index contributed by atoms with van der Waals surface area (Å²) in [5.74, 6) is -0.0489. The van der Waals surface area contributed by atoms with Crippen molar-refractivity contribution < 1.29 is 23.7 Å². The van der Waals surface area contributed by atoms with Crippen LogP contribution in [0.5, 0.6) is 5.75 Å². The number of nitrogens with one attached hydrogen (secondary N) is 1. The smallest absolute Gasteiger partial charge is 0.323 e. The van der Waals surface area contributed by atoms with Gasteiger partial charge in [0.05, 0.1) is 19.9 Å². The fourth-order valence-corrected chi connectivity index (χ4v) is 3.76. The van der Waals surface area contributed by atoms with E-state index in [1.807, 2.05) is 6.07 Å². The predicted octanol–water partition coefficient (Wildman–Crippen LogP) is 2.74. The number of hydrogen-bond donors (Lipinski definition) is 2. The number of esters is 1. The maximum Gasteiger partial charge on any atom is 0.323 e. The van der Waals surface area contributed by atoms with Crippen molar-refractivity contribution in [2.45, 2.75) is 26.3 Å². The number of carbonyl (C=O) groups is 1. The van der Waals surface area contributed by atoms with Gasteiger partial charge in [-0.2, -0.15) is 0 Å². The van der Waals surface area contributed by atoms with Gasteiger partial charge in [0, 0.05) is 0 Å². The van der Waals surface area contributed by atoms with Crippen LogP contribution in [-0.4, -0.2) is 37.0 Å². The van der Waals surface area contributed by atoms with Crippen LogP contribution in [0.4, 0.5) is 0 Å². The highest BCUT2D eigenvalue weighted by Gasteiger charge is 2.29. The first-order chi connectivity index (χ1) is 10.9. The van der Waals surface area contributed by atoms with Crippen LogP contribution in [0.1, 0.15) is 20.3 Å². The lowest BCUT2D eigenvalue weighted by Crippen LogP contribution is -2.34. The Hall–Kier alpha value is -1.62. The van der Waals surface area contributed by atoms with Crippen molar-refractivity contribution >= 4 is 13.5 Å². The minimum atomic E-state index is -3.31. The molecular weight excluding hydrogens is 317 g/mol. The van der Waals surface area contributed by atoms with E-state index in [2.05, 4.69) is 9.82 Å². The van der Waals surface area contributed by atoms with Gasteiger partial charge >= 0.3 is 13.5 Å². The van der Waals surface area contributed by atoms with E-state index >= 15 is 0 Å². The van der Waals surface area contributed by atoms with E-state index in [0.29, 0.717) is 12.2 Å². The molecule has 0 spiro atoms. The Morgan fingerprint density at radius 3 is 2.61 bits per heavy atom. The molecule has 0 aromatic heterocycles. The van der Waals surface area contributed by atoms with Crippen LogP contribution in [0.2, 0.25) is 0 Å². The number of allylic oxidation sites excluding steroid dienone is 1. The largest absolute Gasteiger partial charge is 0.468 e. The molecule has 1 aromatic rings. The van der Waals surface area contributed by atoms with Gasteiger partial charge < -0.3 is 14.4 Å². The van der Waals surface area contributed by atoms with E-state index in [1.54, 1.807) is 44.2 Å². The van der Waals surface area contributed by atoms with Crippen LogP contribution < -0.4 is 9.61 Å². The number of carbonyl (C=O) groups excluding carboxylic acids is 1. The van der Waals surface area contributed by atoms with E-state index in [0.717, 1.165) is 5.57 Å². The average Bonchev–Trinajstić information content (AvgIpc) is 2.54. The molecule has 0 bridgehead atoms.